The van der Waals surface area contributed by atoms with Crippen LogP contribution in [0.4, 0.5) is 0 Å². The Morgan fingerprint density at radius 3 is 2.50 bits per heavy atom. The number of halogens is 1. The third-order valence-corrected chi connectivity index (χ3v) is 5.11. The van der Waals surface area contributed by atoms with Gasteiger partial charge < -0.3 is 0 Å². The van der Waals surface area contributed by atoms with Crippen LogP contribution in [0.15, 0.2) is 22.7 Å². The van der Waals surface area contributed by atoms with E-state index >= 15 is 0 Å². The van der Waals surface area contributed by atoms with Crippen molar-refractivity contribution in [3.63, 3.8) is 0 Å². The molecular formula is C16H21BrO. The first-order valence-corrected chi connectivity index (χ1v) is 7.71. The summed E-state index contributed by atoms with van der Waals surface area (Å²) in [5.74, 6) is 1.44. The molecule has 1 saturated carbocycles. The van der Waals surface area contributed by atoms with Crippen LogP contribution in [0.5, 0.6) is 0 Å². The van der Waals surface area contributed by atoms with Gasteiger partial charge in [-0.25, -0.2) is 0 Å². The molecule has 98 valence electrons. The minimum atomic E-state index is 0.252. The Morgan fingerprint density at radius 1 is 1.28 bits per heavy atom. The van der Waals surface area contributed by atoms with Gasteiger partial charge in [0.05, 0.1) is 0 Å². The topological polar surface area (TPSA) is 17.1 Å². The van der Waals surface area contributed by atoms with Crippen molar-refractivity contribution in [2.45, 2.75) is 46.0 Å². The van der Waals surface area contributed by atoms with E-state index < -0.39 is 0 Å². The maximum atomic E-state index is 12.4. The lowest BCUT2D eigenvalue weighted by molar-refractivity contribution is 0.0871. The van der Waals surface area contributed by atoms with Gasteiger partial charge in [-0.2, -0.15) is 0 Å². The number of rotatable bonds is 3. The molecule has 1 aliphatic carbocycles. The number of hydrogen-bond donors (Lipinski definition) is 0. The lowest BCUT2D eigenvalue weighted by Crippen LogP contribution is -2.21. The van der Waals surface area contributed by atoms with Crippen molar-refractivity contribution in [2.24, 2.45) is 11.8 Å². The van der Waals surface area contributed by atoms with Gasteiger partial charge in [-0.15, -0.1) is 0 Å². The molecule has 1 fully saturated rings. The van der Waals surface area contributed by atoms with E-state index in [2.05, 4.69) is 22.9 Å². The van der Waals surface area contributed by atoms with Crippen molar-refractivity contribution in [1.29, 1.82) is 0 Å². The largest absolute Gasteiger partial charge is 0.294 e. The van der Waals surface area contributed by atoms with Crippen LogP contribution in [0, 0.1) is 18.8 Å². The molecular weight excluding hydrogens is 288 g/mol. The second-order valence-corrected chi connectivity index (χ2v) is 6.31. The molecule has 0 aliphatic heterocycles. The monoisotopic (exact) mass is 308 g/mol. The van der Waals surface area contributed by atoms with E-state index in [1.807, 2.05) is 25.1 Å². The fourth-order valence-corrected chi connectivity index (χ4v) is 3.19. The molecule has 0 heterocycles. The highest BCUT2D eigenvalue weighted by molar-refractivity contribution is 9.10. The van der Waals surface area contributed by atoms with E-state index in [-0.39, 0.29) is 5.92 Å². The van der Waals surface area contributed by atoms with Crippen molar-refractivity contribution in [3.05, 3.63) is 33.8 Å². The molecule has 1 nitrogen and oxygen atoms in total. The molecule has 2 heteroatoms. The average Bonchev–Trinajstić information content (AvgIpc) is 2.41. The van der Waals surface area contributed by atoms with E-state index in [1.54, 1.807) is 0 Å². The summed E-state index contributed by atoms with van der Waals surface area (Å²) >= 11 is 3.51. The van der Waals surface area contributed by atoms with Crippen molar-refractivity contribution >= 4 is 21.7 Å². The fraction of sp³-hybridized carbons (Fsp3) is 0.562. The number of Topliss-reactive ketones (excluding diaryl/α,β-unsaturated/α-hetero) is 1. The van der Waals surface area contributed by atoms with E-state index in [0.29, 0.717) is 5.78 Å². The average molecular weight is 309 g/mol. The van der Waals surface area contributed by atoms with Crippen LogP contribution in [0.1, 0.15) is 54.9 Å². The molecule has 1 aromatic rings. The second kappa shape index (κ2) is 6.01. The summed E-state index contributed by atoms with van der Waals surface area (Å²) in [6.07, 6.45) is 5.85. The van der Waals surface area contributed by atoms with Gasteiger partial charge >= 0.3 is 0 Å². The van der Waals surface area contributed by atoms with Crippen LogP contribution in [-0.4, -0.2) is 5.78 Å². The summed E-state index contributed by atoms with van der Waals surface area (Å²) in [6.45, 7) is 4.30. The predicted octanol–water partition coefficient (Wildman–Crippen LogP) is 5.16. The minimum absolute atomic E-state index is 0.252. The SMILES string of the molecule is CCC1CCC(C(=O)c2ccc(C)c(Br)c2)CC1. The number of hydrogen-bond acceptors (Lipinski definition) is 1. The quantitative estimate of drug-likeness (QED) is 0.705. The van der Waals surface area contributed by atoms with Crippen LogP contribution in [0.2, 0.25) is 0 Å². The molecule has 2 rings (SSSR count). The third-order valence-electron chi connectivity index (χ3n) is 4.25. The first-order chi connectivity index (χ1) is 8.61. The molecule has 1 aliphatic rings. The molecule has 0 atom stereocenters. The molecule has 18 heavy (non-hydrogen) atoms. The van der Waals surface area contributed by atoms with E-state index in [1.165, 1.54) is 24.8 Å². The maximum absolute atomic E-state index is 12.4. The summed E-state index contributed by atoms with van der Waals surface area (Å²) < 4.78 is 1.04. The van der Waals surface area contributed by atoms with Gasteiger partial charge in [-0.1, -0.05) is 41.4 Å². The smallest absolute Gasteiger partial charge is 0.165 e. The summed E-state index contributed by atoms with van der Waals surface area (Å²) in [6, 6.07) is 5.97. The van der Waals surface area contributed by atoms with Gasteiger partial charge in [0.2, 0.25) is 0 Å². The van der Waals surface area contributed by atoms with Crippen LogP contribution < -0.4 is 0 Å². The molecule has 0 bridgehead atoms. The highest BCUT2D eigenvalue weighted by atomic mass is 79.9. The molecule has 0 saturated heterocycles. The standard InChI is InChI=1S/C16H21BrO/c1-3-12-5-8-13(9-6-12)16(18)14-7-4-11(2)15(17)10-14/h4,7,10,12-13H,3,5-6,8-9H2,1-2H3. The van der Waals surface area contributed by atoms with Gasteiger partial charge in [-0.05, 0) is 50.2 Å². The van der Waals surface area contributed by atoms with Gasteiger partial charge in [0, 0.05) is 16.0 Å². The van der Waals surface area contributed by atoms with Crippen molar-refractivity contribution < 1.29 is 4.79 Å². The first-order valence-electron chi connectivity index (χ1n) is 6.92. The summed E-state index contributed by atoms with van der Waals surface area (Å²) in [5, 5.41) is 0. The minimum Gasteiger partial charge on any atom is -0.294 e. The molecule has 0 unspecified atom stereocenters. The molecule has 0 aromatic heterocycles. The zero-order chi connectivity index (χ0) is 13.1. The number of ketones is 1. The Hall–Kier alpha value is -0.630. The fourth-order valence-electron chi connectivity index (χ4n) is 2.81. The highest BCUT2D eigenvalue weighted by Crippen LogP contribution is 2.33. The van der Waals surface area contributed by atoms with Crippen LogP contribution >= 0.6 is 15.9 Å². The summed E-state index contributed by atoms with van der Waals surface area (Å²) in [5.41, 5.74) is 2.05. The number of carbonyl (C=O) groups excluding carboxylic acids is 1. The Balaban J connectivity index is 2.05. The number of carbonyl (C=O) groups is 1. The lowest BCUT2D eigenvalue weighted by atomic mass is 9.78. The molecule has 0 N–H and O–H groups in total. The Morgan fingerprint density at radius 2 is 1.94 bits per heavy atom. The van der Waals surface area contributed by atoms with Crippen LogP contribution in [-0.2, 0) is 0 Å². The Kier molecular flexibility index (Phi) is 4.60. The van der Waals surface area contributed by atoms with Crippen LogP contribution in [0.25, 0.3) is 0 Å². The van der Waals surface area contributed by atoms with Gasteiger partial charge in [0.1, 0.15) is 0 Å². The van der Waals surface area contributed by atoms with Crippen molar-refractivity contribution in [3.8, 4) is 0 Å². The zero-order valence-electron chi connectivity index (χ0n) is 11.2. The van der Waals surface area contributed by atoms with Crippen LogP contribution in [0.3, 0.4) is 0 Å². The van der Waals surface area contributed by atoms with Gasteiger partial charge in [-0.3, -0.25) is 4.79 Å². The van der Waals surface area contributed by atoms with E-state index in [9.17, 15) is 4.79 Å². The normalized spacial score (nSPS) is 23.9. The molecule has 0 radical (unpaired) electrons. The van der Waals surface area contributed by atoms with Gasteiger partial charge in [0.25, 0.3) is 0 Å². The van der Waals surface area contributed by atoms with Gasteiger partial charge in [0.15, 0.2) is 5.78 Å². The number of benzene rings is 1. The molecule has 0 amide bonds. The summed E-state index contributed by atoms with van der Waals surface area (Å²) in [4.78, 5) is 12.4. The maximum Gasteiger partial charge on any atom is 0.165 e. The van der Waals surface area contributed by atoms with E-state index in [4.69, 9.17) is 0 Å². The second-order valence-electron chi connectivity index (χ2n) is 5.45. The molecule has 1 aromatic carbocycles. The Labute approximate surface area is 118 Å². The highest BCUT2D eigenvalue weighted by Gasteiger charge is 2.26. The van der Waals surface area contributed by atoms with E-state index in [0.717, 1.165) is 28.8 Å². The third kappa shape index (κ3) is 3.03. The predicted molar refractivity (Wildman–Crippen MR) is 78.9 cm³/mol. The summed E-state index contributed by atoms with van der Waals surface area (Å²) in [7, 11) is 0. The zero-order valence-corrected chi connectivity index (χ0v) is 12.8. The number of aryl methyl sites for hydroxylation is 1. The van der Waals surface area contributed by atoms with Crippen molar-refractivity contribution in [1.82, 2.24) is 0 Å². The Bertz CT molecular complexity index is 431. The lowest BCUT2D eigenvalue weighted by Gasteiger charge is -2.26. The van der Waals surface area contributed by atoms with Crippen molar-refractivity contribution in [2.75, 3.05) is 0 Å². The molecule has 0 spiro atoms. The first kappa shape index (κ1) is 13.8.